The highest BCUT2D eigenvalue weighted by atomic mass is 35.5. The Bertz CT molecular complexity index is 923. The summed E-state index contributed by atoms with van der Waals surface area (Å²) < 4.78 is 11.3. The van der Waals surface area contributed by atoms with Crippen molar-refractivity contribution in [3.8, 4) is 17.0 Å². The van der Waals surface area contributed by atoms with E-state index < -0.39 is 0 Å². The van der Waals surface area contributed by atoms with Crippen molar-refractivity contribution in [1.29, 1.82) is 0 Å². The lowest BCUT2D eigenvalue weighted by atomic mass is 10.2. The first-order valence-corrected chi connectivity index (χ1v) is 9.20. The van der Waals surface area contributed by atoms with Gasteiger partial charge in [-0.1, -0.05) is 0 Å². The average Bonchev–Trinajstić information content (AvgIpc) is 3.03. The van der Waals surface area contributed by atoms with E-state index in [2.05, 4.69) is 24.8 Å². The monoisotopic (exact) mass is 392 g/mol. The largest absolute Gasteiger partial charge is 0.493 e. The molecule has 3 aromatic rings. The van der Waals surface area contributed by atoms with Crippen LogP contribution in [0.4, 0.5) is 10.9 Å². The fraction of sp³-hybridized carbons (Fsp3) is 0.375. The van der Waals surface area contributed by atoms with Crippen LogP contribution in [-0.4, -0.2) is 41.2 Å². The third-order valence-corrected chi connectivity index (χ3v) is 5.32. The molecule has 10 heteroatoms. The molecule has 0 aromatic carbocycles. The molecule has 2 N–H and O–H groups in total. The average molecular weight is 393 g/mol. The lowest BCUT2D eigenvalue weighted by molar-refractivity contribution is 0.278. The summed E-state index contributed by atoms with van der Waals surface area (Å²) in [5.74, 6) is 0.972. The number of hydrogen-bond donors (Lipinski definition) is 2. The molecule has 0 bridgehead atoms. The molecule has 0 aliphatic heterocycles. The molecule has 8 nitrogen and oxygen atoms in total. The molecule has 0 unspecified atom stereocenters. The van der Waals surface area contributed by atoms with Crippen molar-refractivity contribution in [2.75, 3.05) is 12.4 Å². The van der Waals surface area contributed by atoms with Crippen molar-refractivity contribution in [1.82, 2.24) is 24.1 Å². The Hall–Kier alpha value is -2.23. The van der Waals surface area contributed by atoms with Gasteiger partial charge in [-0.25, -0.2) is 9.97 Å². The van der Waals surface area contributed by atoms with Gasteiger partial charge in [0, 0.05) is 11.8 Å². The van der Waals surface area contributed by atoms with Gasteiger partial charge in [-0.15, -0.1) is 11.6 Å². The number of hydrogen-bond acceptors (Lipinski definition) is 8. The molecule has 1 aliphatic carbocycles. The van der Waals surface area contributed by atoms with Crippen molar-refractivity contribution in [2.45, 2.75) is 30.9 Å². The number of aliphatic hydroxyl groups excluding tert-OH is 1. The summed E-state index contributed by atoms with van der Waals surface area (Å²) in [4.78, 5) is 8.67. The van der Waals surface area contributed by atoms with E-state index in [0.717, 1.165) is 23.4 Å². The number of halogens is 1. The molecular weight excluding hydrogens is 376 g/mol. The highest BCUT2D eigenvalue weighted by Gasteiger charge is 2.41. The minimum absolute atomic E-state index is 0.103. The van der Waals surface area contributed by atoms with Crippen molar-refractivity contribution in [3.05, 3.63) is 30.4 Å². The van der Waals surface area contributed by atoms with E-state index in [1.165, 1.54) is 11.5 Å². The first-order valence-electron chi connectivity index (χ1n) is 8.05. The zero-order chi connectivity index (χ0) is 18.1. The zero-order valence-electron chi connectivity index (χ0n) is 14.0. The number of aromatic nitrogens is 5. The maximum absolute atomic E-state index is 9.12. The van der Waals surface area contributed by atoms with Gasteiger partial charge in [-0.3, -0.25) is 4.68 Å². The molecule has 0 saturated heterocycles. The van der Waals surface area contributed by atoms with E-state index >= 15 is 0 Å². The molecule has 0 amide bonds. The van der Waals surface area contributed by atoms with Crippen LogP contribution >= 0.6 is 23.1 Å². The van der Waals surface area contributed by atoms with Crippen LogP contribution in [0.5, 0.6) is 5.75 Å². The van der Waals surface area contributed by atoms with Gasteiger partial charge in [0.25, 0.3) is 0 Å². The molecule has 0 radical (unpaired) electrons. The highest BCUT2D eigenvalue weighted by Crippen LogP contribution is 2.44. The molecule has 0 atom stereocenters. The number of alkyl halides is 1. The van der Waals surface area contributed by atoms with E-state index in [0.29, 0.717) is 29.6 Å². The molecule has 26 heavy (non-hydrogen) atoms. The summed E-state index contributed by atoms with van der Waals surface area (Å²) in [5, 5.41) is 17.3. The maximum atomic E-state index is 9.12. The topological polar surface area (TPSA) is 98.0 Å². The van der Waals surface area contributed by atoms with E-state index in [1.54, 1.807) is 25.6 Å². The van der Waals surface area contributed by atoms with E-state index in [1.807, 2.05) is 10.9 Å². The van der Waals surface area contributed by atoms with Gasteiger partial charge >= 0.3 is 0 Å². The quantitative estimate of drug-likeness (QED) is 0.596. The predicted molar refractivity (Wildman–Crippen MR) is 98.9 cm³/mol. The van der Waals surface area contributed by atoms with Gasteiger partial charge in [-0.2, -0.15) is 9.47 Å². The van der Waals surface area contributed by atoms with Crippen LogP contribution in [0.3, 0.4) is 0 Å². The highest BCUT2D eigenvalue weighted by molar-refractivity contribution is 7.10. The van der Waals surface area contributed by atoms with E-state index in [4.69, 9.17) is 21.4 Å². The minimum atomic E-state index is -0.150. The van der Waals surface area contributed by atoms with Crippen LogP contribution in [-0.2, 0) is 13.2 Å². The van der Waals surface area contributed by atoms with Gasteiger partial charge in [-0.05, 0) is 30.4 Å². The summed E-state index contributed by atoms with van der Waals surface area (Å²) >= 11 is 7.61. The lowest BCUT2D eigenvalue weighted by Gasteiger charge is -2.08. The Balaban J connectivity index is 1.59. The summed E-state index contributed by atoms with van der Waals surface area (Å²) in [7, 11) is 1.58. The second kappa shape index (κ2) is 6.82. The fourth-order valence-corrected chi connectivity index (χ4v) is 3.37. The van der Waals surface area contributed by atoms with Crippen LogP contribution in [0.25, 0.3) is 11.3 Å². The number of ether oxygens (including phenoxy) is 1. The molecule has 1 saturated carbocycles. The SMILES string of the molecule is COc1cnc(Nc2cc(CO)ns2)nc1-c1cnn(CC2(Cl)CC2)c1. The molecule has 4 rings (SSSR count). The molecule has 3 aromatic heterocycles. The molecule has 136 valence electrons. The Morgan fingerprint density at radius 3 is 2.96 bits per heavy atom. The van der Waals surface area contributed by atoms with E-state index in [9.17, 15) is 0 Å². The number of methoxy groups -OCH3 is 1. The summed E-state index contributed by atoms with van der Waals surface area (Å²) in [5.41, 5.74) is 2.07. The van der Waals surface area contributed by atoms with Crippen molar-refractivity contribution in [3.63, 3.8) is 0 Å². The van der Waals surface area contributed by atoms with Crippen molar-refractivity contribution >= 4 is 34.1 Å². The Morgan fingerprint density at radius 2 is 2.27 bits per heavy atom. The van der Waals surface area contributed by atoms with Gasteiger partial charge in [0.2, 0.25) is 5.95 Å². The van der Waals surface area contributed by atoms with Gasteiger partial charge in [0.15, 0.2) is 5.75 Å². The van der Waals surface area contributed by atoms with Gasteiger partial charge < -0.3 is 15.2 Å². The normalized spacial score (nSPS) is 15.0. The smallest absolute Gasteiger partial charge is 0.228 e. The second-order valence-electron chi connectivity index (χ2n) is 6.15. The summed E-state index contributed by atoms with van der Waals surface area (Å²) in [6.07, 6.45) is 7.29. The van der Waals surface area contributed by atoms with Crippen LogP contribution in [0.1, 0.15) is 18.5 Å². The predicted octanol–water partition coefficient (Wildman–Crippen LogP) is 2.81. The number of nitrogens with zero attached hydrogens (tertiary/aromatic N) is 5. The lowest BCUT2D eigenvalue weighted by Crippen LogP contribution is -2.11. The Morgan fingerprint density at radius 1 is 1.42 bits per heavy atom. The molecule has 1 fully saturated rings. The minimum Gasteiger partial charge on any atom is -0.493 e. The summed E-state index contributed by atoms with van der Waals surface area (Å²) in [6.45, 7) is 0.575. The Kier molecular flexibility index (Phi) is 4.51. The third-order valence-electron chi connectivity index (χ3n) is 4.08. The second-order valence-corrected chi connectivity index (χ2v) is 7.76. The van der Waals surface area contributed by atoms with Crippen molar-refractivity contribution in [2.24, 2.45) is 0 Å². The van der Waals surface area contributed by atoms with E-state index in [-0.39, 0.29) is 11.5 Å². The van der Waals surface area contributed by atoms with Gasteiger partial charge in [0.1, 0.15) is 10.7 Å². The van der Waals surface area contributed by atoms with Crippen LogP contribution in [0.2, 0.25) is 0 Å². The first kappa shape index (κ1) is 17.2. The summed E-state index contributed by atoms with van der Waals surface area (Å²) in [6, 6.07) is 1.76. The number of aliphatic hydroxyl groups is 1. The number of rotatable bonds is 7. The molecule has 3 heterocycles. The van der Waals surface area contributed by atoms with Crippen LogP contribution in [0, 0.1) is 0 Å². The number of anilines is 2. The fourth-order valence-electron chi connectivity index (χ4n) is 2.50. The van der Waals surface area contributed by atoms with Crippen LogP contribution in [0.15, 0.2) is 24.7 Å². The zero-order valence-corrected chi connectivity index (χ0v) is 15.6. The third kappa shape index (κ3) is 3.64. The Labute approximate surface area is 159 Å². The maximum Gasteiger partial charge on any atom is 0.228 e. The standard InChI is InChI=1S/C16H17ClN6O2S/c1-25-12-6-18-15(20-13-4-11(8-24)22-26-13)21-14(12)10-5-19-23(7-10)9-16(17)2-3-16/h4-7,24H,2-3,8-9H2,1H3,(H,18,20,21). The first-order chi connectivity index (χ1) is 12.6. The number of nitrogens with one attached hydrogen (secondary N) is 1. The molecule has 1 aliphatic rings. The van der Waals surface area contributed by atoms with Crippen LogP contribution < -0.4 is 10.1 Å². The van der Waals surface area contributed by atoms with Gasteiger partial charge in [0.05, 0.1) is 43.2 Å². The molecule has 0 spiro atoms. The van der Waals surface area contributed by atoms with Crippen molar-refractivity contribution < 1.29 is 9.84 Å². The molecular formula is C16H17ClN6O2S.